The maximum Gasteiger partial charge on any atom is 0.233 e. The lowest BCUT2D eigenvalue weighted by molar-refractivity contribution is 0.0817. The van der Waals surface area contributed by atoms with Crippen molar-refractivity contribution in [3.8, 4) is 17.2 Å². The molecule has 0 amide bonds. The number of benzene rings is 3. The van der Waals surface area contributed by atoms with E-state index in [1.165, 1.54) is 24.3 Å². The van der Waals surface area contributed by atoms with E-state index in [1.807, 2.05) is 0 Å². The van der Waals surface area contributed by atoms with E-state index in [2.05, 4.69) is 0 Å². The van der Waals surface area contributed by atoms with Crippen LogP contribution in [0.4, 0.5) is 4.39 Å². The van der Waals surface area contributed by atoms with Crippen LogP contribution in [0.5, 0.6) is 17.2 Å². The third kappa shape index (κ3) is 3.95. The van der Waals surface area contributed by atoms with Crippen molar-refractivity contribution in [3.63, 3.8) is 0 Å². The van der Waals surface area contributed by atoms with Crippen LogP contribution in [-0.2, 0) is 0 Å². The first-order valence-electron chi connectivity index (χ1n) is 7.83. The number of ketones is 2. The van der Waals surface area contributed by atoms with Gasteiger partial charge in [-0.15, -0.1) is 0 Å². The van der Waals surface area contributed by atoms with Crippen molar-refractivity contribution in [3.05, 3.63) is 89.7 Å². The highest BCUT2D eigenvalue weighted by atomic mass is 19.1. The van der Waals surface area contributed by atoms with E-state index < -0.39 is 17.4 Å². The third-order valence-electron chi connectivity index (χ3n) is 3.72. The molecule has 0 bridgehead atoms. The summed E-state index contributed by atoms with van der Waals surface area (Å²) in [6.07, 6.45) is 0. The molecule has 0 aromatic heterocycles. The first-order valence-corrected chi connectivity index (χ1v) is 7.83. The minimum Gasteiger partial charge on any atom is -0.497 e. The van der Waals surface area contributed by atoms with E-state index in [-0.39, 0.29) is 11.1 Å². The van der Waals surface area contributed by atoms with E-state index in [0.717, 1.165) is 17.9 Å². The van der Waals surface area contributed by atoms with Gasteiger partial charge in [-0.25, -0.2) is 4.39 Å². The van der Waals surface area contributed by atoms with Crippen molar-refractivity contribution in [2.75, 3.05) is 7.11 Å². The summed E-state index contributed by atoms with van der Waals surface area (Å²) < 4.78 is 23.7. The van der Waals surface area contributed by atoms with E-state index in [9.17, 15) is 14.0 Å². The second-order valence-electron chi connectivity index (χ2n) is 5.47. The fourth-order valence-corrected chi connectivity index (χ4v) is 2.32. The number of rotatable bonds is 6. The van der Waals surface area contributed by atoms with E-state index in [4.69, 9.17) is 9.47 Å². The van der Waals surface area contributed by atoms with Gasteiger partial charge in [0, 0.05) is 11.1 Å². The molecule has 3 aromatic carbocycles. The fraction of sp³-hybridized carbons (Fsp3) is 0.0476. The van der Waals surface area contributed by atoms with Crippen LogP contribution in [0.3, 0.4) is 0 Å². The molecule has 0 aliphatic rings. The molecular formula is C21H15FO4. The molecule has 0 atom stereocenters. The van der Waals surface area contributed by atoms with Crippen molar-refractivity contribution in [2.45, 2.75) is 0 Å². The Morgan fingerprint density at radius 1 is 0.654 bits per heavy atom. The van der Waals surface area contributed by atoms with Gasteiger partial charge in [-0.2, -0.15) is 0 Å². The molecule has 130 valence electrons. The molecule has 0 aliphatic heterocycles. The van der Waals surface area contributed by atoms with Crippen LogP contribution in [-0.4, -0.2) is 18.7 Å². The molecule has 0 aliphatic carbocycles. The van der Waals surface area contributed by atoms with Crippen LogP contribution < -0.4 is 9.47 Å². The second kappa shape index (κ2) is 7.61. The van der Waals surface area contributed by atoms with E-state index in [0.29, 0.717) is 11.5 Å². The Morgan fingerprint density at radius 2 is 1.04 bits per heavy atom. The number of halogens is 1. The largest absolute Gasteiger partial charge is 0.497 e. The second-order valence-corrected chi connectivity index (χ2v) is 5.47. The zero-order valence-corrected chi connectivity index (χ0v) is 13.9. The zero-order chi connectivity index (χ0) is 18.5. The van der Waals surface area contributed by atoms with Crippen LogP contribution in [0.2, 0.25) is 0 Å². The number of methoxy groups -OCH3 is 1. The lowest BCUT2D eigenvalue weighted by atomic mass is 10.0. The maximum atomic E-state index is 12.9. The molecule has 3 aromatic rings. The predicted molar refractivity (Wildman–Crippen MR) is 94.6 cm³/mol. The summed E-state index contributed by atoms with van der Waals surface area (Å²) in [6, 6.07) is 18.2. The Bertz CT molecular complexity index is 914. The van der Waals surface area contributed by atoms with Gasteiger partial charge in [0.2, 0.25) is 11.6 Å². The van der Waals surface area contributed by atoms with Crippen LogP contribution in [0.1, 0.15) is 20.7 Å². The smallest absolute Gasteiger partial charge is 0.233 e. The Hall–Kier alpha value is -3.47. The van der Waals surface area contributed by atoms with Crippen LogP contribution in [0.15, 0.2) is 72.8 Å². The Balaban J connectivity index is 1.70. The first-order chi connectivity index (χ1) is 12.6. The Labute approximate surface area is 149 Å². The quantitative estimate of drug-likeness (QED) is 0.478. The first kappa shape index (κ1) is 17.4. The number of carbonyl (C=O) groups excluding carboxylic acids is 2. The van der Waals surface area contributed by atoms with Gasteiger partial charge in [-0.1, -0.05) is 0 Å². The highest BCUT2D eigenvalue weighted by Crippen LogP contribution is 2.24. The van der Waals surface area contributed by atoms with Crippen molar-refractivity contribution in [2.24, 2.45) is 0 Å². The Kier molecular flexibility index (Phi) is 5.08. The monoisotopic (exact) mass is 350 g/mol. The molecule has 26 heavy (non-hydrogen) atoms. The van der Waals surface area contributed by atoms with Gasteiger partial charge in [-0.3, -0.25) is 9.59 Å². The molecule has 0 spiro atoms. The van der Waals surface area contributed by atoms with E-state index >= 15 is 0 Å². The van der Waals surface area contributed by atoms with Gasteiger partial charge in [0.15, 0.2) is 0 Å². The SMILES string of the molecule is COc1ccc(Oc2ccc(C(=O)C(=O)c3ccc(F)cc3)cc2)cc1. The summed E-state index contributed by atoms with van der Waals surface area (Å²) >= 11 is 0. The third-order valence-corrected chi connectivity index (χ3v) is 3.72. The number of Topliss-reactive ketones (excluding diaryl/α,β-unsaturated/α-hetero) is 2. The minimum atomic E-state index is -0.686. The van der Waals surface area contributed by atoms with E-state index in [1.54, 1.807) is 43.5 Å². The molecule has 0 N–H and O–H groups in total. The van der Waals surface area contributed by atoms with Crippen molar-refractivity contribution in [1.82, 2.24) is 0 Å². The van der Waals surface area contributed by atoms with Gasteiger partial charge in [0.25, 0.3) is 0 Å². The molecule has 0 radical (unpaired) electrons. The summed E-state index contributed by atoms with van der Waals surface area (Å²) in [5.74, 6) is 0.0567. The molecule has 4 nitrogen and oxygen atoms in total. The lowest BCUT2D eigenvalue weighted by Crippen LogP contribution is -2.14. The lowest BCUT2D eigenvalue weighted by Gasteiger charge is -2.07. The van der Waals surface area contributed by atoms with Crippen molar-refractivity contribution >= 4 is 11.6 Å². The fourth-order valence-electron chi connectivity index (χ4n) is 2.32. The topological polar surface area (TPSA) is 52.6 Å². The molecule has 0 saturated carbocycles. The molecule has 0 heterocycles. The average Bonchev–Trinajstić information content (AvgIpc) is 2.69. The molecule has 3 rings (SSSR count). The van der Waals surface area contributed by atoms with Crippen LogP contribution in [0, 0.1) is 5.82 Å². The van der Waals surface area contributed by atoms with Gasteiger partial charge in [0.05, 0.1) is 7.11 Å². The van der Waals surface area contributed by atoms with Crippen LogP contribution >= 0.6 is 0 Å². The average molecular weight is 350 g/mol. The molecule has 0 fully saturated rings. The summed E-state index contributed by atoms with van der Waals surface area (Å²) in [7, 11) is 1.58. The highest BCUT2D eigenvalue weighted by molar-refractivity contribution is 6.49. The summed E-state index contributed by atoms with van der Waals surface area (Å²) in [6.45, 7) is 0. The standard InChI is InChI=1S/C21H15FO4/c1-25-17-10-12-19(13-11-17)26-18-8-4-15(5-9-18)21(24)20(23)14-2-6-16(22)7-3-14/h2-13H,1H3. The number of hydrogen-bond acceptors (Lipinski definition) is 4. The molecule has 5 heteroatoms. The van der Waals surface area contributed by atoms with Crippen molar-refractivity contribution in [1.29, 1.82) is 0 Å². The van der Waals surface area contributed by atoms with Crippen molar-refractivity contribution < 1.29 is 23.5 Å². The van der Waals surface area contributed by atoms with Gasteiger partial charge >= 0.3 is 0 Å². The summed E-state index contributed by atoms with van der Waals surface area (Å²) in [5.41, 5.74) is 0.386. The van der Waals surface area contributed by atoms with Gasteiger partial charge < -0.3 is 9.47 Å². The number of carbonyl (C=O) groups is 2. The Morgan fingerprint density at radius 3 is 1.50 bits per heavy atom. The highest BCUT2D eigenvalue weighted by Gasteiger charge is 2.18. The molecular weight excluding hydrogens is 335 g/mol. The van der Waals surface area contributed by atoms with Crippen LogP contribution in [0.25, 0.3) is 0 Å². The maximum absolute atomic E-state index is 12.9. The normalized spacial score (nSPS) is 10.2. The van der Waals surface area contributed by atoms with Gasteiger partial charge in [0.1, 0.15) is 23.1 Å². The summed E-state index contributed by atoms with van der Waals surface area (Å²) in [4.78, 5) is 24.4. The number of hydrogen-bond donors (Lipinski definition) is 0. The zero-order valence-electron chi connectivity index (χ0n) is 13.9. The van der Waals surface area contributed by atoms with Gasteiger partial charge in [-0.05, 0) is 72.8 Å². The summed E-state index contributed by atoms with van der Waals surface area (Å²) in [5, 5.41) is 0. The molecule has 0 saturated heterocycles. The minimum absolute atomic E-state index is 0.148. The molecule has 0 unspecified atom stereocenters. The number of ether oxygens (including phenoxy) is 2. The predicted octanol–water partition coefficient (Wildman–Crippen LogP) is 4.69.